The molecule has 6 heteroatoms. The molecule has 120 valence electrons. The fraction of sp³-hybridized carbons (Fsp3) is 0.235. The fourth-order valence-electron chi connectivity index (χ4n) is 2.88. The molecule has 0 amide bonds. The van der Waals surface area contributed by atoms with E-state index in [1.54, 1.807) is 0 Å². The van der Waals surface area contributed by atoms with Gasteiger partial charge in [-0.15, -0.1) is 0 Å². The van der Waals surface area contributed by atoms with Crippen molar-refractivity contribution in [3.8, 4) is 34.1 Å². The molecule has 2 aromatic rings. The number of aromatic hydroxyl groups is 4. The first-order valence-electron chi connectivity index (χ1n) is 7.15. The van der Waals surface area contributed by atoms with E-state index in [9.17, 15) is 25.2 Å². The van der Waals surface area contributed by atoms with Crippen LogP contribution in [0.2, 0.25) is 0 Å². The Kier molecular flexibility index (Phi) is 3.41. The molecule has 0 saturated heterocycles. The quantitative estimate of drug-likeness (QED) is 0.434. The summed E-state index contributed by atoms with van der Waals surface area (Å²) in [5.74, 6) is -1.76. The van der Waals surface area contributed by atoms with Crippen LogP contribution in [0.1, 0.15) is 21.5 Å². The maximum Gasteiger partial charge on any atom is 0.198 e. The van der Waals surface area contributed by atoms with Gasteiger partial charge in [-0.1, -0.05) is 0 Å². The van der Waals surface area contributed by atoms with Gasteiger partial charge in [0.2, 0.25) is 0 Å². The summed E-state index contributed by atoms with van der Waals surface area (Å²) < 4.78 is 0. The number of fused-ring (bicyclic) bond motifs is 3. The molecule has 0 spiro atoms. The highest BCUT2D eigenvalue weighted by Crippen LogP contribution is 2.52. The Bertz CT molecular complexity index is 826. The normalized spacial score (nSPS) is 12.6. The van der Waals surface area contributed by atoms with E-state index < -0.39 is 11.5 Å². The minimum absolute atomic E-state index is 0.0491. The summed E-state index contributed by atoms with van der Waals surface area (Å²) >= 11 is 0. The third kappa shape index (κ3) is 2.19. The Morgan fingerprint density at radius 3 is 2.26 bits per heavy atom. The molecule has 4 N–H and O–H groups in total. The zero-order valence-electron chi connectivity index (χ0n) is 12.8. The van der Waals surface area contributed by atoms with Crippen molar-refractivity contribution in [2.45, 2.75) is 6.42 Å². The van der Waals surface area contributed by atoms with Crippen LogP contribution in [0, 0.1) is 0 Å². The Hall–Kier alpha value is -2.73. The zero-order chi connectivity index (χ0) is 16.9. The molecule has 2 aromatic carbocycles. The van der Waals surface area contributed by atoms with Gasteiger partial charge in [0.1, 0.15) is 11.5 Å². The Morgan fingerprint density at radius 2 is 1.61 bits per heavy atom. The molecule has 0 aromatic heterocycles. The van der Waals surface area contributed by atoms with E-state index in [-0.39, 0.29) is 39.5 Å². The molecule has 3 rings (SSSR count). The van der Waals surface area contributed by atoms with E-state index in [4.69, 9.17) is 0 Å². The number of carbonyl (C=O) groups excluding carboxylic acids is 1. The van der Waals surface area contributed by atoms with Gasteiger partial charge in [0.15, 0.2) is 17.3 Å². The monoisotopic (exact) mass is 315 g/mol. The van der Waals surface area contributed by atoms with Crippen LogP contribution in [0.25, 0.3) is 11.1 Å². The van der Waals surface area contributed by atoms with Crippen molar-refractivity contribution in [1.29, 1.82) is 0 Å². The molecule has 6 nitrogen and oxygen atoms in total. The standard InChI is InChI=1S/C17H17NO5/c1-18(2)6-5-8-7-11(20)13-14(15(8)21)12-9(16(13)22)3-4-10(19)17(12)23/h3-4,7,19-21,23H,5-6H2,1-2H3. The lowest BCUT2D eigenvalue weighted by molar-refractivity contribution is 0.104. The minimum atomic E-state index is -0.489. The van der Waals surface area contributed by atoms with Crippen LogP contribution in [0.4, 0.5) is 0 Å². The van der Waals surface area contributed by atoms with Crippen LogP contribution in [0.3, 0.4) is 0 Å². The third-order valence-electron chi connectivity index (χ3n) is 4.06. The zero-order valence-corrected chi connectivity index (χ0v) is 12.8. The number of likely N-dealkylation sites (N-methyl/N-ethyl adjacent to an activating group) is 1. The molecule has 0 radical (unpaired) electrons. The highest BCUT2D eigenvalue weighted by molar-refractivity contribution is 6.25. The van der Waals surface area contributed by atoms with Crippen molar-refractivity contribution in [3.63, 3.8) is 0 Å². The summed E-state index contributed by atoms with van der Waals surface area (Å²) in [4.78, 5) is 14.4. The number of phenols is 4. The number of hydrogen-bond acceptors (Lipinski definition) is 6. The lowest BCUT2D eigenvalue weighted by atomic mass is 9.97. The van der Waals surface area contributed by atoms with Gasteiger partial charge in [-0.2, -0.15) is 0 Å². The first kappa shape index (κ1) is 15.2. The topological polar surface area (TPSA) is 101 Å². The van der Waals surface area contributed by atoms with Crippen LogP contribution in [0.15, 0.2) is 18.2 Å². The summed E-state index contributed by atoms with van der Waals surface area (Å²) in [6.45, 7) is 0.638. The molecule has 0 fully saturated rings. The maximum absolute atomic E-state index is 12.4. The fourth-order valence-corrected chi connectivity index (χ4v) is 2.88. The predicted molar refractivity (Wildman–Crippen MR) is 84.2 cm³/mol. The lowest BCUT2D eigenvalue weighted by Crippen LogP contribution is -2.15. The molecule has 0 saturated carbocycles. The van der Waals surface area contributed by atoms with Crippen molar-refractivity contribution < 1.29 is 25.2 Å². The number of phenolic OH excluding ortho intramolecular Hbond substituents is 4. The van der Waals surface area contributed by atoms with Gasteiger partial charge in [-0.25, -0.2) is 0 Å². The Labute approximate surface area is 132 Å². The average molecular weight is 315 g/mol. The Morgan fingerprint density at radius 1 is 0.913 bits per heavy atom. The summed E-state index contributed by atoms with van der Waals surface area (Å²) in [6, 6.07) is 3.95. The van der Waals surface area contributed by atoms with Gasteiger partial charge in [-0.05, 0) is 44.3 Å². The van der Waals surface area contributed by atoms with E-state index in [1.165, 1.54) is 18.2 Å². The second-order valence-corrected chi connectivity index (χ2v) is 5.89. The molecule has 0 unspecified atom stereocenters. The van der Waals surface area contributed by atoms with Gasteiger partial charge in [0.25, 0.3) is 0 Å². The number of nitrogens with zero attached hydrogens (tertiary/aromatic N) is 1. The van der Waals surface area contributed by atoms with Gasteiger partial charge < -0.3 is 25.3 Å². The van der Waals surface area contributed by atoms with E-state index in [2.05, 4.69) is 0 Å². The first-order chi connectivity index (χ1) is 10.8. The summed E-state index contributed by atoms with van der Waals surface area (Å²) in [5, 5.41) is 40.6. The Balaban J connectivity index is 2.26. The minimum Gasteiger partial charge on any atom is -0.507 e. The number of carbonyl (C=O) groups is 1. The molecular formula is C17H17NO5. The van der Waals surface area contributed by atoms with Crippen molar-refractivity contribution >= 4 is 5.78 Å². The van der Waals surface area contributed by atoms with Gasteiger partial charge in [0.05, 0.1) is 5.56 Å². The van der Waals surface area contributed by atoms with Gasteiger partial charge >= 0.3 is 0 Å². The summed E-state index contributed by atoms with van der Waals surface area (Å²) in [6.07, 6.45) is 0.461. The molecular weight excluding hydrogens is 298 g/mol. The second kappa shape index (κ2) is 5.17. The third-order valence-corrected chi connectivity index (χ3v) is 4.06. The van der Waals surface area contributed by atoms with E-state index in [1.807, 2.05) is 19.0 Å². The second-order valence-electron chi connectivity index (χ2n) is 5.89. The average Bonchev–Trinajstić information content (AvgIpc) is 2.79. The first-order valence-corrected chi connectivity index (χ1v) is 7.15. The molecule has 23 heavy (non-hydrogen) atoms. The highest BCUT2D eigenvalue weighted by atomic mass is 16.3. The number of hydrogen-bond donors (Lipinski definition) is 4. The lowest BCUT2D eigenvalue weighted by Gasteiger charge is -2.14. The molecule has 1 aliphatic rings. The van der Waals surface area contributed by atoms with E-state index in [0.29, 0.717) is 18.5 Å². The number of ketones is 1. The van der Waals surface area contributed by atoms with Crippen molar-refractivity contribution in [2.24, 2.45) is 0 Å². The van der Waals surface area contributed by atoms with E-state index in [0.717, 1.165) is 0 Å². The summed E-state index contributed by atoms with van der Waals surface area (Å²) in [7, 11) is 3.76. The largest absolute Gasteiger partial charge is 0.507 e. The van der Waals surface area contributed by atoms with E-state index >= 15 is 0 Å². The van der Waals surface area contributed by atoms with Gasteiger partial charge in [-0.3, -0.25) is 4.79 Å². The number of rotatable bonds is 3. The molecule has 0 heterocycles. The number of benzene rings is 2. The molecule has 0 bridgehead atoms. The SMILES string of the molecule is CN(C)CCc1cc(O)c2c(c1O)-c1c(ccc(O)c1O)C2=O. The van der Waals surface area contributed by atoms with Crippen LogP contribution in [-0.4, -0.2) is 51.7 Å². The molecule has 0 aliphatic heterocycles. The van der Waals surface area contributed by atoms with Crippen LogP contribution < -0.4 is 0 Å². The van der Waals surface area contributed by atoms with Crippen molar-refractivity contribution in [1.82, 2.24) is 4.90 Å². The summed E-state index contributed by atoms with van der Waals surface area (Å²) in [5.41, 5.74) is 0.702. The molecule has 0 atom stereocenters. The molecule has 1 aliphatic carbocycles. The van der Waals surface area contributed by atoms with Crippen molar-refractivity contribution in [3.05, 3.63) is 34.9 Å². The van der Waals surface area contributed by atoms with Gasteiger partial charge in [0, 0.05) is 23.2 Å². The van der Waals surface area contributed by atoms with Crippen LogP contribution >= 0.6 is 0 Å². The smallest absolute Gasteiger partial charge is 0.198 e. The van der Waals surface area contributed by atoms with Crippen LogP contribution in [0.5, 0.6) is 23.0 Å². The predicted octanol–water partition coefficient (Wildman–Crippen LogP) is 1.82. The van der Waals surface area contributed by atoms with Crippen LogP contribution in [-0.2, 0) is 6.42 Å². The van der Waals surface area contributed by atoms with Crippen molar-refractivity contribution in [2.75, 3.05) is 20.6 Å². The maximum atomic E-state index is 12.4. The highest BCUT2D eigenvalue weighted by Gasteiger charge is 2.36.